The average molecular weight is 325 g/mol. The number of hydrogen-bond donors (Lipinski definition) is 1. The van der Waals surface area contributed by atoms with E-state index in [2.05, 4.69) is 52.2 Å². The summed E-state index contributed by atoms with van der Waals surface area (Å²) in [5.41, 5.74) is 2.72. The molecule has 0 saturated carbocycles. The number of aliphatic hydroxyl groups excluding tert-OH is 1. The van der Waals surface area contributed by atoms with Crippen LogP contribution < -0.4 is 4.90 Å². The Kier molecular flexibility index (Phi) is 4.19. The molecule has 0 amide bonds. The zero-order valence-electron chi connectivity index (χ0n) is 14.5. The van der Waals surface area contributed by atoms with Gasteiger partial charge in [0.2, 0.25) is 0 Å². The first-order chi connectivity index (χ1) is 11.7. The van der Waals surface area contributed by atoms with Gasteiger partial charge in [-0.3, -0.25) is 4.98 Å². The molecule has 4 rings (SSSR count). The van der Waals surface area contributed by atoms with Gasteiger partial charge in [-0.25, -0.2) is 0 Å². The van der Waals surface area contributed by atoms with Gasteiger partial charge in [-0.15, -0.1) is 0 Å². The molecule has 2 aromatic rings. The van der Waals surface area contributed by atoms with Crippen LogP contribution in [0.4, 0.5) is 5.69 Å². The largest absolute Gasteiger partial charge is 0.396 e. The Morgan fingerprint density at radius 3 is 2.67 bits per heavy atom. The quantitative estimate of drug-likeness (QED) is 0.922. The van der Waals surface area contributed by atoms with Crippen LogP contribution in [-0.4, -0.2) is 54.8 Å². The number of hydrogen-bond acceptors (Lipinski definition) is 4. The number of fused-ring (bicyclic) bond motifs is 1. The van der Waals surface area contributed by atoms with Gasteiger partial charge in [0.15, 0.2) is 0 Å². The van der Waals surface area contributed by atoms with E-state index in [0.29, 0.717) is 17.9 Å². The van der Waals surface area contributed by atoms with Crippen LogP contribution in [0.5, 0.6) is 0 Å². The van der Waals surface area contributed by atoms with E-state index in [9.17, 15) is 5.11 Å². The van der Waals surface area contributed by atoms with Crippen LogP contribution in [0.3, 0.4) is 0 Å². The van der Waals surface area contributed by atoms with Crippen molar-refractivity contribution in [3.63, 3.8) is 0 Å². The lowest BCUT2D eigenvalue weighted by Gasteiger charge is -2.51. The summed E-state index contributed by atoms with van der Waals surface area (Å²) in [6.07, 6.45) is 5.51. The molecular formula is C20H27N3O. The number of pyridine rings is 1. The number of piperidine rings is 2. The highest BCUT2D eigenvalue weighted by Crippen LogP contribution is 2.45. The minimum Gasteiger partial charge on any atom is -0.396 e. The van der Waals surface area contributed by atoms with Crippen LogP contribution in [0.1, 0.15) is 19.3 Å². The third-order valence-electron chi connectivity index (χ3n) is 6.34. The van der Waals surface area contributed by atoms with E-state index in [4.69, 9.17) is 0 Å². The number of aromatic nitrogens is 1. The lowest BCUT2D eigenvalue weighted by atomic mass is 9.64. The summed E-state index contributed by atoms with van der Waals surface area (Å²) in [6, 6.07) is 10.6. The van der Waals surface area contributed by atoms with Gasteiger partial charge < -0.3 is 14.9 Å². The van der Waals surface area contributed by atoms with Crippen LogP contribution >= 0.6 is 0 Å². The molecule has 1 aromatic carbocycles. The van der Waals surface area contributed by atoms with Gasteiger partial charge >= 0.3 is 0 Å². The van der Waals surface area contributed by atoms with Crippen molar-refractivity contribution >= 4 is 16.6 Å². The van der Waals surface area contributed by atoms with Gasteiger partial charge in [-0.05, 0) is 50.4 Å². The van der Waals surface area contributed by atoms with Crippen molar-refractivity contribution in [3.8, 4) is 0 Å². The maximum Gasteiger partial charge on any atom is 0.0722 e. The maximum atomic E-state index is 9.90. The van der Waals surface area contributed by atoms with Crippen LogP contribution in [0, 0.1) is 11.3 Å². The van der Waals surface area contributed by atoms with Gasteiger partial charge in [0, 0.05) is 49.4 Å². The Morgan fingerprint density at radius 2 is 1.88 bits per heavy atom. The summed E-state index contributed by atoms with van der Waals surface area (Å²) in [7, 11) is 2.17. The van der Waals surface area contributed by atoms with Gasteiger partial charge in [-0.1, -0.05) is 18.2 Å². The summed E-state index contributed by atoms with van der Waals surface area (Å²) in [6.45, 7) is 4.67. The van der Waals surface area contributed by atoms with E-state index in [1.165, 1.54) is 30.3 Å². The van der Waals surface area contributed by atoms with E-state index in [1.54, 1.807) is 0 Å². The van der Waals surface area contributed by atoms with Crippen LogP contribution in [0.2, 0.25) is 0 Å². The normalized spacial score (nSPS) is 24.6. The first-order valence-electron chi connectivity index (χ1n) is 9.10. The van der Waals surface area contributed by atoms with E-state index in [-0.39, 0.29) is 0 Å². The molecule has 2 aliphatic rings. The second-order valence-corrected chi connectivity index (χ2v) is 7.59. The molecule has 128 valence electrons. The standard InChI is InChI=1S/C20H27N3O/c1-22-11-7-20(16(14-22)15-24)8-12-23(13-9-20)19-6-10-21-18-5-3-2-4-17(18)19/h2-6,10,16,24H,7-9,11-15H2,1H3/t16-/m0/s1. The van der Waals surface area contributed by atoms with Gasteiger partial charge in [0.25, 0.3) is 0 Å². The highest BCUT2D eigenvalue weighted by atomic mass is 16.3. The molecule has 2 fully saturated rings. The Labute approximate surface area is 144 Å². The molecule has 0 unspecified atom stereocenters. The first kappa shape index (κ1) is 15.9. The Balaban J connectivity index is 1.55. The molecule has 3 heterocycles. The van der Waals surface area contributed by atoms with Crippen molar-refractivity contribution in [2.75, 3.05) is 44.7 Å². The van der Waals surface area contributed by atoms with E-state index in [0.717, 1.165) is 31.7 Å². The number of para-hydroxylation sites is 1. The topological polar surface area (TPSA) is 39.6 Å². The van der Waals surface area contributed by atoms with Crippen LogP contribution in [0.15, 0.2) is 36.5 Å². The number of aliphatic hydroxyl groups is 1. The molecule has 2 aliphatic heterocycles. The molecule has 1 N–H and O–H groups in total. The molecule has 1 aromatic heterocycles. The maximum absolute atomic E-state index is 9.90. The fourth-order valence-corrected chi connectivity index (χ4v) is 4.74. The Bertz CT molecular complexity index is 704. The molecular weight excluding hydrogens is 298 g/mol. The molecule has 2 saturated heterocycles. The monoisotopic (exact) mass is 325 g/mol. The van der Waals surface area contributed by atoms with Crippen molar-refractivity contribution in [1.29, 1.82) is 0 Å². The van der Waals surface area contributed by atoms with Crippen molar-refractivity contribution in [3.05, 3.63) is 36.5 Å². The first-order valence-corrected chi connectivity index (χ1v) is 9.10. The summed E-state index contributed by atoms with van der Waals surface area (Å²) in [4.78, 5) is 9.37. The van der Waals surface area contributed by atoms with Crippen LogP contribution in [-0.2, 0) is 0 Å². The molecule has 1 atom stereocenters. The zero-order chi connectivity index (χ0) is 16.6. The van der Waals surface area contributed by atoms with Crippen molar-refractivity contribution in [2.45, 2.75) is 19.3 Å². The van der Waals surface area contributed by atoms with Gasteiger partial charge in [-0.2, -0.15) is 0 Å². The number of benzene rings is 1. The van der Waals surface area contributed by atoms with E-state index in [1.807, 2.05) is 6.20 Å². The summed E-state index contributed by atoms with van der Waals surface area (Å²) in [5, 5.41) is 11.2. The molecule has 4 heteroatoms. The minimum atomic E-state index is 0.322. The van der Waals surface area contributed by atoms with Crippen molar-refractivity contribution < 1.29 is 5.11 Å². The molecule has 1 spiro atoms. The van der Waals surface area contributed by atoms with Crippen molar-refractivity contribution in [2.24, 2.45) is 11.3 Å². The lowest BCUT2D eigenvalue weighted by molar-refractivity contribution is -0.00838. The highest BCUT2D eigenvalue weighted by molar-refractivity contribution is 5.91. The number of likely N-dealkylation sites (tertiary alicyclic amines) is 1. The predicted octanol–water partition coefficient (Wildman–Crippen LogP) is 2.77. The second kappa shape index (κ2) is 6.34. The fraction of sp³-hybridized carbons (Fsp3) is 0.550. The fourth-order valence-electron chi connectivity index (χ4n) is 4.74. The SMILES string of the molecule is CN1CCC2(CCN(c3ccnc4ccccc34)CC2)[C@H](CO)C1. The van der Waals surface area contributed by atoms with Crippen molar-refractivity contribution in [1.82, 2.24) is 9.88 Å². The van der Waals surface area contributed by atoms with E-state index < -0.39 is 0 Å². The number of anilines is 1. The third kappa shape index (κ3) is 2.68. The zero-order valence-corrected chi connectivity index (χ0v) is 14.5. The summed E-state index contributed by atoms with van der Waals surface area (Å²) in [5.74, 6) is 0.424. The minimum absolute atomic E-state index is 0.322. The second-order valence-electron chi connectivity index (χ2n) is 7.59. The third-order valence-corrected chi connectivity index (χ3v) is 6.34. The Morgan fingerprint density at radius 1 is 1.12 bits per heavy atom. The summed E-state index contributed by atoms with van der Waals surface area (Å²) >= 11 is 0. The predicted molar refractivity (Wildman–Crippen MR) is 98.3 cm³/mol. The lowest BCUT2D eigenvalue weighted by Crippen LogP contribution is -2.52. The molecule has 0 bridgehead atoms. The smallest absolute Gasteiger partial charge is 0.0722 e. The Hall–Kier alpha value is -1.65. The molecule has 4 nitrogen and oxygen atoms in total. The van der Waals surface area contributed by atoms with E-state index >= 15 is 0 Å². The number of rotatable bonds is 2. The molecule has 0 aliphatic carbocycles. The number of nitrogens with zero attached hydrogens (tertiary/aromatic N) is 3. The molecule has 24 heavy (non-hydrogen) atoms. The average Bonchev–Trinajstić information content (AvgIpc) is 2.64. The summed E-state index contributed by atoms with van der Waals surface area (Å²) < 4.78 is 0. The van der Waals surface area contributed by atoms with Gasteiger partial charge in [0.05, 0.1) is 5.52 Å². The highest BCUT2D eigenvalue weighted by Gasteiger charge is 2.43. The molecule has 0 radical (unpaired) electrons. The van der Waals surface area contributed by atoms with Crippen LogP contribution in [0.25, 0.3) is 10.9 Å². The van der Waals surface area contributed by atoms with Gasteiger partial charge in [0.1, 0.15) is 0 Å².